The molecule has 0 unspecified atom stereocenters. The van der Waals surface area contributed by atoms with E-state index in [9.17, 15) is 8.78 Å². The van der Waals surface area contributed by atoms with Gasteiger partial charge in [0, 0.05) is 16.3 Å². The summed E-state index contributed by atoms with van der Waals surface area (Å²) < 4.78 is 27.4. The van der Waals surface area contributed by atoms with Crippen LogP contribution in [-0.2, 0) is 6.54 Å². The van der Waals surface area contributed by atoms with Crippen molar-refractivity contribution in [2.45, 2.75) is 40.2 Å². The Labute approximate surface area is 142 Å². The molecular weight excluding hydrogens is 312 g/mol. The van der Waals surface area contributed by atoms with Gasteiger partial charge in [0.2, 0.25) is 0 Å². The number of thiophene rings is 1. The van der Waals surface area contributed by atoms with Gasteiger partial charge in [-0.15, -0.1) is 11.3 Å². The highest BCUT2D eigenvalue weighted by Gasteiger charge is 2.24. The summed E-state index contributed by atoms with van der Waals surface area (Å²) in [5.74, 6) is -1.17. The van der Waals surface area contributed by atoms with Crippen molar-refractivity contribution in [2.24, 2.45) is 5.41 Å². The second-order valence-electron chi connectivity index (χ2n) is 7.45. The van der Waals surface area contributed by atoms with Gasteiger partial charge in [0.25, 0.3) is 0 Å². The molecule has 0 radical (unpaired) electrons. The minimum Gasteiger partial charge on any atom is -0.305 e. The van der Waals surface area contributed by atoms with Crippen molar-refractivity contribution in [3.05, 3.63) is 46.3 Å². The highest BCUT2D eigenvalue weighted by atomic mass is 32.1. The van der Waals surface area contributed by atoms with Gasteiger partial charge in [-0.25, -0.2) is 8.78 Å². The minimum atomic E-state index is -0.790. The summed E-state index contributed by atoms with van der Waals surface area (Å²) in [5.41, 5.74) is 1.77. The molecule has 1 atom stereocenters. The average Bonchev–Trinajstić information content (AvgIpc) is 2.89. The Morgan fingerprint density at radius 3 is 2.26 bits per heavy atom. The summed E-state index contributed by atoms with van der Waals surface area (Å²) >= 11 is 1.67. The van der Waals surface area contributed by atoms with Crippen LogP contribution in [0.15, 0.2) is 24.3 Å². The second kappa shape index (κ2) is 6.70. The SMILES string of the molecule is C[C@H](c1ccc(-c2cc(F)c(F)cc2CN(C)C)s1)C(C)(C)C. The predicted molar refractivity (Wildman–Crippen MR) is 94.9 cm³/mol. The van der Waals surface area contributed by atoms with E-state index in [4.69, 9.17) is 0 Å². The maximum Gasteiger partial charge on any atom is 0.159 e. The fourth-order valence-electron chi connectivity index (χ4n) is 2.45. The zero-order valence-electron chi connectivity index (χ0n) is 14.7. The van der Waals surface area contributed by atoms with Gasteiger partial charge in [0.15, 0.2) is 11.6 Å². The lowest BCUT2D eigenvalue weighted by Crippen LogP contribution is -2.13. The molecule has 0 spiro atoms. The van der Waals surface area contributed by atoms with Gasteiger partial charge in [-0.3, -0.25) is 0 Å². The molecule has 1 heterocycles. The fraction of sp³-hybridized carbons (Fsp3) is 0.474. The maximum absolute atomic E-state index is 13.8. The second-order valence-corrected chi connectivity index (χ2v) is 8.57. The van der Waals surface area contributed by atoms with Crippen molar-refractivity contribution in [1.29, 1.82) is 0 Å². The fourth-order valence-corrected chi connectivity index (χ4v) is 3.80. The van der Waals surface area contributed by atoms with Crippen LogP contribution in [0.4, 0.5) is 8.78 Å². The number of hydrogen-bond donors (Lipinski definition) is 0. The summed E-state index contributed by atoms with van der Waals surface area (Å²) in [4.78, 5) is 4.22. The first kappa shape index (κ1) is 18.1. The number of hydrogen-bond acceptors (Lipinski definition) is 2. The molecule has 0 N–H and O–H groups in total. The Morgan fingerprint density at radius 1 is 1.09 bits per heavy atom. The first-order chi connectivity index (χ1) is 10.6. The summed E-state index contributed by atoms with van der Waals surface area (Å²) in [7, 11) is 3.85. The average molecular weight is 337 g/mol. The van der Waals surface area contributed by atoms with Crippen molar-refractivity contribution in [2.75, 3.05) is 14.1 Å². The zero-order valence-corrected chi connectivity index (χ0v) is 15.5. The molecule has 2 rings (SSSR count). The lowest BCUT2D eigenvalue weighted by molar-refractivity contribution is 0.343. The van der Waals surface area contributed by atoms with Crippen molar-refractivity contribution in [3.8, 4) is 10.4 Å². The van der Waals surface area contributed by atoms with Crippen LogP contribution in [0.5, 0.6) is 0 Å². The number of benzene rings is 1. The van der Waals surface area contributed by atoms with E-state index in [0.717, 1.165) is 16.0 Å². The minimum absolute atomic E-state index is 0.169. The van der Waals surface area contributed by atoms with E-state index in [1.807, 2.05) is 25.1 Å². The first-order valence-electron chi connectivity index (χ1n) is 7.82. The van der Waals surface area contributed by atoms with Crippen molar-refractivity contribution >= 4 is 11.3 Å². The van der Waals surface area contributed by atoms with Crippen LogP contribution in [-0.4, -0.2) is 19.0 Å². The molecule has 126 valence electrons. The molecule has 0 amide bonds. The van der Waals surface area contributed by atoms with Gasteiger partial charge in [0.05, 0.1) is 0 Å². The molecule has 0 fully saturated rings. The third kappa shape index (κ3) is 4.18. The first-order valence-corrected chi connectivity index (χ1v) is 8.64. The van der Waals surface area contributed by atoms with E-state index >= 15 is 0 Å². The highest BCUT2D eigenvalue weighted by Crippen LogP contribution is 2.41. The summed E-state index contributed by atoms with van der Waals surface area (Å²) in [5, 5.41) is 0. The Kier molecular flexibility index (Phi) is 5.27. The van der Waals surface area contributed by atoms with Crippen LogP contribution in [0.2, 0.25) is 0 Å². The van der Waals surface area contributed by atoms with Crippen LogP contribution < -0.4 is 0 Å². The van der Waals surface area contributed by atoms with Gasteiger partial charge < -0.3 is 4.90 Å². The quantitative estimate of drug-likeness (QED) is 0.671. The van der Waals surface area contributed by atoms with Gasteiger partial charge >= 0.3 is 0 Å². The largest absolute Gasteiger partial charge is 0.305 e. The monoisotopic (exact) mass is 337 g/mol. The zero-order chi connectivity index (χ0) is 17.4. The lowest BCUT2D eigenvalue weighted by atomic mass is 9.81. The van der Waals surface area contributed by atoms with Crippen LogP contribution in [0.3, 0.4) is 0 Å². The standard InChI is InChI=1S/C19H25F2NS/c1-12(19(2,3)4)17-7-8-18(23-17)14-10-16(21)15(20)9-13(14)11-22(5)6/h7-10,12H,11H2,1-6H3/t12-/m1/s1. The molecule has 1 aromatic heterocycles. The Morgan fingerprint density at radius 2 is 1.70 bits per heavy atom. The third-order valence-corrected chi connectivity index (χ3v) is 5.55. The highest BCUT2D eigenvalue weighted by molar-refractivity contribution is 7.15. The molecule has 2 aromatic rings. The number of rotatable bonds is 4. The van der Waals surface area contributed by atoms with Crippen LogP contribution >= 0.6 is 11.3 Å². The molecule has 1 nitrogen and oxygen atoms in total. The van der Waals surface area contributed by atoms with Crippen LogP contribution in [0, 0.1) is 17.0 Å². The van der Waals surface area contributed by atoms with E-state index in [1.54, 1.807) is 11.3 Å². The molecule has 1 aromatic carbocycles. The van der Waals surface area contributed by atoms with Gasteiger partial charge in [0.1, 0.15) is 0 Å². The van der Waals surface area contributed by atoms with E-state index in [2.05, 4.69) is 33.8 Å². The Bertz CT molecular complexity index is 683. The smallest absolute Gasteiger partial charge is 0.159 e. The Hall–Kier alpha value is -1.26. The van der Waals surface area contributed by atoms with E-state index in [-0.39, 0.29) is 5.41 Å². The van der Waals surface area contributed by atoms with Gasteiger partial charge in [-0.2, -0.15) is 0 Å². The maximum atomic E-state index is 13.8. The van der Waals surface area contributed by atoms with E-state index in [0.29, 0.717) is 12.5 Å². The van der Waals surface area contributed by atoms with Crippen LogP contribution in [0.1, 0.15) is 44.1 Å². The molecule has 0 aliphatic carbocycles. The molecule has 0 aliphatic rings. The molecule has 0 aliphatic heterocycles. The van der Waals surface area contributed by atoms with E-state index < -0.39 is 11.6 Å². The molecular formula is C19H25F2NS. The van der Waals surface area contributed by atoms with Crippen molar-refractivity contribution in [3.63, 3.8) is 0 Å². The number of halogens is 2. The lowest BCUT2D eigenvalue weighted by Gasteiger charge is -2.26. The van der Waals surface area contributed by atoms with Gasteiger partial charge in [-0.05, 0) is 60.8 Å². The molecule has 4 heteroatoms. The van der Waals surface area contributed by atoms with Crippen molar-refractivity contribution < 1.29 is 8.78 Å². The number of nitrogens with zero attached hydrogens (tertiary/aromatic N) is 1. The summed E-state index contributed by atoms with van der Waals surface area (Å²) in [6.07, 6.45) is 0. The topological polar surface area (TPSA) is 3.24 Å². The Balaban J connectivity index is 2.46. The van der Waals surface area contributed by atoms with Gasteiger partial charge in [-0.1, -0.05) is 27.7 Å². The third-order valence-electron chi connectivity index (χ3n) is 4.25. The van der Waals surface area contributed by atoms with Crippen molar-refractivity contribution in [1.82, 2.24) is 4.90 Å². The molecule has 0 saturated heterocycles. The molecule has 0 saturated carbocycles. The summed E-state index contributed by atoms with van der Waals surface area (Å²) in [6, 6.07) is 6.77. The van der Waals surface area contributed by atoms with Crippen LogP contribution in [0.25, 0.3) is 10.4 Å². The van der Waals surface area contributed by atoms with E-state index in [1.165, 1.54) is 17.0 Å². The predicted octanol–water partition coefficient (Wildman–Crippen LogP) is 5.90. The molecule has 23 heavy (non-hydrogen) atoms. The molecule has 0 bridgehead atoms. The summed E-state index contributed by atoms with van der Waals surface area (Å²) in [6.45, 7) is 9.43. The normalized spacial score (nSPS) is 13.6.